The van der Waals surface area contributed by atoms with Crippen LogP contribution in [0, 0.1) is 0 Å². The van der Waals surface area contributed by atoms with Gasteiger partial charge in [-0.2, -0.15) is 0 Å². The minimum atomic E-state index is -3.58. The topological polar surface area (TPSA) is 122 Å². The van der Waals surface area contributed by atoms with E-state index in [0.29, 0.717) is 29.8 Å². The standard InChI is InChI=1S/C22H28N2O6S2/c1-15(2)30-14-21(26)23-17-7-5-6-16(12-17)18-8-9-19(31-18)22(13-20(25)24-27)10-3-4-11-32(22,28)29/h5-9,12,15,27H,3-4,10-11,13-14H2,1-2H3,(H,23,26)(H,24,25)/t22-/m0/s1. The monoisotopic (exact) mass is 480 g/mol. The van der Waals surface area contributed by atoms with Crippen molar-refractivity contribution in [3.8, 4) is 10.4 Å². The van der Waals surface area contributed by atoms with Gasteiger partial charge >= 0.3 is 0 Å². The Kier molecular flexibility index (Phi) is 7.71. The smallest absolute Gasteiger partial charge is 0.250 e. The van der Waals surface area contributed by atoms with Crippen LogP contribution in [0.3, 0.4) is 0 Å². The number of nitrogens with one attached hydrogen (secondary N) is 2. The van der Waals surface area contributed by atoms with E-state index in [9.17, 15) is 18.0 Å². The average Bonchev–Trinajstić information content (AvgIpc) is 3.24. The lowest BCUT2D eigenvalue weighted by molar-refractivity contribution is -0.130. The Morgan fingerprint density at radius 1 is 1.19 bits per heavy atom. The highest BCUT2D eigenvalue weighted by Crippen LogP contribution is 2.47. The second-order valence-electron chi connectivity index (χ2n) is 8.13. The van der Waals surface area contributed by atoms with Gasteiger partial charge in [0.15, 0.2) is 9.84 Å². The lowest BCUT2D eigenvalue weighted by atomic mass is 9.94. The van der Waals surface area contributed by atoms with Gasteiger partial charge < -0.3 is 10.1 Å². The Morgan fingerprint density at radius 3 is 2.66 bits per heavy atom. The van der Waals surface area contributed by atoms with Gasteiger partial charge in [-0.3, -0.25) is 14.8 Å². The number of hydrogen-bond donors (Lipinski definition) is 3. The fourth-order valence-electron chi connectivity index (χ4n) is 3.84. The van der Waals surface area contributed by atoms with Crippen molar-refractivity contribution < 1.29 is 28.0 Å². The number of carbonyl (C=O) groups excluding carboxylic acids is 2. The average molecular weight is 481 g/mol. The number of benzene rings is 1. The van der Waals surface area contributed by atoms with Gasteiger partial charge in [-0.05, 0) is 56.5 Å². The van der Waals surface area contributed by atoms with Crippen LogP contribution in [-0.2, 0) is 28.9 Å². The summed E-state index contributed by atoms with van der Waals surface area (Å²) in [7, 11) is -3.58. The van der Waals surface area contributed by atoms with Crippen LogP contribution in [0.15, 0.2) is 36.4 Å². The molecule has 1 aromatic carbocycles. The lowest BCUT2D eigenvalue weighted by Crippen LogP contribution is -2.43. The van der Waals surface area contributed by atoms with Crippen molar-refractivity contribution in [1.29, 1.82) is 0 Å². The summed E-state index contributed by atoms with van der Waals surface area (Å²) < 4.78 is 30.1. The molecule has 1 fully saturated rings. The fraction of sp³-hybridized carbons (Fsp3) is 0.455. The summed E-state index contributed by atoms with van der Waals surface area (Å²) in [6.07, 6.45) is 1.20. The number of hydroxylamine groups is 1. The van der Waals surface area contributed by atoms with Crippen LogP contribution >= 0.6 is 11.3 Å². The molecule has 10 heteroatoms. The third kappa shape index (κ3) is 5.37. The number of carbonyl (C=O) groups is 2. The molecule has 0 aliphatic carbocycles. The predicted octanol–water partition coefficient (Wildman–Crippen LogP) is 3.47. The zero-order valence-electron chi connectivity index (χ0n) is 18.1. The number of hydrogen-bond acceptors (Lipinski definition) is 7. The molecule has 0 spiro atoms. The fourth-order valence-corrected chi connectivity index (χ4v) is 7.62. The minimum Gasteiger partial charge on any atom is -0.369 e. The first-order valence-corrected chi connectivity index (χ1v) is 12.9. The van der Waals surface area contributed by atoms with E-state index in [1.807, 2.05) is 32.0 Å². The number of rotatable bonds is 8. The van der Waals surface area contributed by atoms with E-state index in [0.717, 1.165) is 10.4 Å². The first-order valence-electron chi connectivity index (χ1n) is 10.4. The van der Waals surface area contributed by atoms with Crippen LogP contribution in [0.4, 0.5) is 5.69 Å². The van der Waals surface area contributed by atoms with Gasteiger partial charge in [-0.15, -0.1) is 11.3 Å². The van der Waals surface area contributed by atoms with Gasteiger partial charge in [0.2, 0.25) is 11.8 Å². The minimum absolute atomic E-state index is 0.0128. The Bertz CT molecular complexity index is 1080. The van der Waals surface area contributed by atoms with E-state index < -0.39 is 20.5 Å². The Balaban J connectivity index is 1.88. The molecule has 1 atom stereocenters. The quantitative estimate of drug-likeness (QED) is 0.393. The van der Waals surface area contributed by atoms with E-state index >= 15 is 0 Å². The Morgan fingerprint density at radius 2 is 1.97 bits per heavy atom. The molecular weight excluding hydrogens is 452 g/mol. The zero-order chi connectivity index (χ0) is 23.4. The van der Waals surface area contributed by atoms with Gasteiger partial charge in [0.25, 0.3) is 0 Å². The summed E-state index contributed by atoms with van der Waals surface area (Å²) in [5, 5.41) is 11.8. The molecule has 8 nitrogen and oxygen atoms in total. The number of amides is 2. The van der Waals surface area contributed by atoms with Gasteiger partial charge in [-0.25, -0.2) is 13.9 Å². The summed E-state index contributed by atoms with van der Waals surface area (Å²) in [6, 6.07) is 10.8. The van der Waals surface area contributed by atoms with Crippen molar-refractivity contribution in [3.63, 3.8) is 0 Å². The van der Waals surface area contributed by atoms with E-state index in [1.165, 1.54) is 11.3 Å². The maximum Gasteiger partial charge on any atom is 0.250 e. The highest BCUT2D eigenvalue weighted by Gasteiger charge is 2.49. The Hall–Kier alpha value is -2.27. The van der Waals surface area contributed by atoms with Crippen LogP contribution in [0.1, 0.15) is 44.4 Å². The van der Waals surface area contributed by atoms with Crippen molar-refractivity contribution in [2.24, 2.45) is 0 Å². The summed E-state index contributed by atoms with van der Waals surface area (Å²) >= 11 is 1.31. The van der Waals surface area contributed by atoms with Crippen molar-refractivity contribution >= 4 is 38.7 Å². The number of ether oxygens (including phenoxy) is 1. The van der Waals surface area contributed by atoms with Crippen molar-refractivity contribution in [3.05, 3.63) is 41.3 Å². The Labute approximate surface area is 191 Å². The van der Waals surface area contributed by atoms with E-state index in [2.05, 4.69) is 5.32 Å². The van der Waals surface area contributed by atoms with E-state index in [-0.39, 0.29) is 30.8 Å². The largest absolute Gasteiger partial charge is 0.369 e. The third-order valence-corrected chi connectivity index (χ3v) is 9.50. The van der Waals surface area contributed by atoms with Gasteiger partial charge in [0.05, 0.1) is 18.3 Å². The molecule has 1 aliphatic heterocycles. The summed E-state index contributed by atoms with van der Waals surface area (Å²) in [5.74, 6) is -0.970. The molecule has 1 aromatic heterocycles. The van der Waals surface area contributed by atoms with Crippen molar-refractivity contribution in [2.45, 2.75) is 50.4 Å². The SMILES string of the molecule is CC(C)OCC(=O)Nc1cccc(-c2ccc([C@@]3(CC(=O)NO)CCCCS3(=O)=O)s2)c1. The molecule has 2 aromatic rings. The van der Waals surface area contributed by atoms with Crippen LogP contribution in [0.5, 0.6) is 0 Å². The van der Waals surface area contributed by atoms with Gasteiger partial charge in [0.1, 0.15) is 11.4 Å². The van der Waals surface area contributed by atoms with E-state index in [1.54, 1.807) is 23.7 Å². The van der Waals surface area contributed by atoms with Crippen LogP contribution in [0.25, 0.3) is 10.4 Å². The zero-order valence-corrected chi connectivity index (χ0v) is 19.7. The molecule has 1 aliphatic rings. The molecule has 3 N–H and O–H groups in total. The molecular formula is C22H28N2O6S2. The molecule has 2 heterocycles. The molecule has 32 heavy (non-hydrogen) atoms. The van der Waals surface area contributed by atoms with Gasteiger partial charge in [0, 0.05) is 15.4 Å². The van der Waals surface area contributed by atoms with Crippen molar-refractivity contribution in [2.75, 3.05) is 17.7 Å². The van der Waals surface area contributed by atoms with E-state index in [4.69, 9.17) is 9.94 Å². The normalized spacial score (nSPS) is 20.1. The molecule has 2 amide bonds. The molecule has 0 radical (unpaired) electrons. The third-order valence-electron chi connectivity index (χ3n) is 5.44. The van der Waals surface area contributed by atoms with Crippen molar-refractivity contribution in [1.82, 2.24) is 5.48 Å². The molecule has 1 saturated heterocycles. The molecule has 174 valence electrons. The molecule has 0 unspecified atom stereocenters. The number of thiophene rings is 1. The number of sulfone groups is 1. The highest BCUT2D eigenvalue weighted by molar-refractivity contribution is 7.92. The highest BCUT2D eigenvalue weighted by atomic mass is 32.2. The predicted molar refractivity (Wildman–Crippen MR) is 123 cm³/mol. The van der Waals surface area contributed by atoms with Crippen LogP contribution < -0.4 is 10.8 Å². The summed E-state index contributed by atoms with van der Waals surface area (Å²) in [5.41, 5.74) is 3.00. The molecule has 0 bridgehead atoms. The maximum atomic E-state index is 13.1. The second kappa shape index (κ2) is 10.1. The summed E-state index contributed by atoms with van der Waals surface area (Å²) in [4.78, 5) is 25.5. The molecule has 3 rings (SSSR count). The summed E-state index contributed by atoms with van der Waals surface area (Å²) in [6.45, 7) is 3.66. The lowest BCUT2D eigenvalue weighted by Gasteiger charge is -2.35. The molecule has 0 saturated carbocycles. The second-order valence-corrected chi connectivity index (χ2v) is 11.6. The maximum absolute atomic E-state index is 13.1. The van der Waals surface area contributed by atoms with Gasteiger partial charge in [-0.1, -0.05) is 18.6 Å². The van der Waals surface area contributed by atoms with Crippen LogP contribution in [0.2, 0.25) is 0 Å². The van der Waals surface area contributed by atoms with Crippen LogP contribution in [-0.4, -0.2) is 43.9 Å². The first-order chi connectivity index (χ1) is 15.2. The number of anilines is 1. The first kappa shape index (κ1) is 24.4.